The van der Waals surface area contributed by atoms with E-state index < -0.39 is 29.3 Å². The summed E-state index contributed by atoms with van der Waals surface area (Å²) in [6.45, 7) is 3.21. The molecule has 0 saturated carbocycles. The minimum absolute atomic E-state index is 0.144. The van der Waals surface area contributed by atoms with Gasteiger partial charge in [-0.2, -0.15) is 13.2 Å². The number of carbonyl (C=O) groups excluding carboxylic acids is 1. The number of aliphatic carboxylic acids is 1. The van der Waals surface area contributed by atoms with Crippen molar-refractivity contribution < 1.29 is 27.9 Å². The lowest BCUT2D eigenvalue weighted by Crippen LogP contribution is -2.45. The van der Waals surface area contributed by atoms with Gasteiger partial charge < -0.3 is 10.4 Å². The average Bonchev–Trinajstić information content (AvgIpc) is 2.35. The summed E-state index contributed by atoms with van der Waals surface area (Å²) in [5.74, 6) is -1.25. The maximum atomic E-state index is 12.5. The van der Waals surface area contributed by atoms with Crippen LogP contribution in [-0.4, -0.2) is 27.6 Å². The fourth-order valence-corrected chi connectivity index (χ4v) is 1.61. The van der Waals surface area contributed by atoms with Crippen LogP contribution in [0.15, 0.2) is 18.3 Å². The Morgan fingerprint density at radius 1 is 1.32 bits per heavy atom. The van der Waals surface area contributed by atoms with E-state index in [-0.39, 0.29) is 18.7 Å². The molecule has 0 radical (unpaired) electrons. The third-order valence-corrected chi connectivity index (χ3v) is 2.74. The van der Waals surface area contributed by atoms with Crippen molar-refractivity contribution in [3.05, 3.63) is 23.9 Å². The first-order valence-corrected chi connectivity index (χ1v) is 6.34. The summed E-state index contributed by atoms with van der Waals surface area (Å²) in [7, 11) is 0. The highest BCUT2D eigenvalue weighted by Crippen LogP contribution is 2.29. The number of halogens is 3. The number of aromatic nitrogens is 1. The number of anilines is 1. The smallest absolute Gasteiger partial charge is 0.416 e. The summed E-state index contributed by atoms with van der Waals surface area (Å²) in [5.41, 5.74) is -1.76. The second kappa shape index (κ2) is 6.63. The van der Waals surface area contributed by atoms with Gasteiger partial charge in [0.1, 0.15) is 5.82 Å². The molecule has 0 unspecified atom stereocenters. The van der Waals surface area contributed by atoms with Crippen LogP contribution >= 0.6 is 0 Å². The van der Waals surface area contributed by atoms with Crippen LogP contribution in [0.25, 0.3) is 0 Å². The van der Waals surface area contributed by atoms with E-state index in [1.165, 1.54) is 0 Å². The largest absolute Gasteiger partial charge is 0.481 e. The van der Waals surface area contributed by atoms with Crippen molar-refractivity contribution in [2.24, 2.45) is 0 Å². The van der Waals surface area contributed by atoms with Crippen molar-refractivity contribution in [1.82, 2.24) is 10.3 Å². The molecule has 0 bridgehead atoms. The molecule has 122 valence electrons. The number of amides is 2. The lowest BCUT2D eigenvalue weighted by Gasteiger charge is -2.25. The maximum absolute atomic E-state index is 12.5. The van der Waals surface area contributed by atoms with Crippen molar-refractivity contribution >= 4 is 17.8 Å². The van der Waals surface area contributed by atoms with E-state index in [4.69, 9.17) is 5.11 Å². The van der Waals surface area contributed by atoms with E-state index in [0.29, 0.717) is 6.07 Å². The molecule has 1 aromatic rings. The lowest BCUT2D eigenvalue weighted by atomic mass is 9.99. The minimum atomic E-state index is -4.53. The zero-order valence-electron chi connectivity index (χ0n) is 12.0. The van der Waals surface area contributed by atoms with Gasteiger partial charge in [-0.15, -0.1) is 0 Å². The molecule has 0 aliphatic heterocycles. The highest BCUT2D eigenvalue weighted by molar-refractivity contribution is 5.88. The van der Waals surface area contributed by atoms with Crippen LogP contribution in [-0.2, 0) is 11.0 Å². The van der Waals surface area contributed by atoms with Gasteiger partial charge >= 0.3 is 18.2 Å². The zero-order chi connectivity index (χ0) is 17.0. The third-order valence-electron chi connectivity index (χ3n) is 2.74. The summed E-state index contributed by atoms with van der Waals surface area (Å²) in [4.78, 5) is 25.9. The summed E-state index contributed by atoms with van der Waals surface area (Å²) in [6, 6.07) is 0.742. The van der Waals surface area contributed by atoms with Gasteiger partial charge in [0.05, 0.1) is 5.56 Å². The summed E-state index contributed by atoms with van der Waals surface area (Å²) >= 11 is 0. The van der Waals surface area contributed by atoms with E-state index in [1.807, 2.05) is 0 Å². The number of nitrogens with zero attached hydrogens (tertiary/aromatic N) is 1. The Hall–Kier alpha value is -2.32. The van der Waals surface area contributed by atoms with Crippen LogP contribution in [0.4, 0.5) is 23.8 Å². The number of rotatable bonds is 5. The van der Waals surface area contributed by atoms with E-state index in [9.17, 15) is 22.8 Å². The molecule has 0 aliphatic rings. The molecule has 3 N–H and O–H groups in total. The van der Waals surface area contributed by atoms with Crippen LogP contribution in [0, 0.1) is 0 Å². The van der Waals surface area contributed by atoms with Crippen LogP contribution in [0.3, 0.4) is 0 Å². The quantitative estimate of drug-likeness (QED) is 0.778. The standard InChI is InChI=1S/C13H16F3N3O3/c1-12(2,5-3-10(20)21)19-11(22)18-9-7-8(4-6-17-9)13(14,15)16/h4,6-7H,3,5H2,1-2H3,(H,20,21)(H2,17,18,19,22). The van der Waals surface area contributed by atoms with Crippen LogP contribution in [0.1, 0.15) is 32.3 Å². The molecule has 0 spiro atoms. The van der Waals surface area contributed by atoms with Gasteiger partial charge in [-0.1, -0.05) is 0 Å². The molecule has 1 heterocycles. The summed E-state index contributed by atoms with van der Waals surface area (Å²) < 4.78 is 37.6. The predicted molar refractivity (Wildman–Crippen MR) is 72.3 cm³/mol. The van der Waals surface area contributed by atoms with E-state index >= 15 is 0 Å². The van der Waals surface area contributed by atoms with Gasteiger partial charge in [-0.3, -0.25) is 10.1 Å². The first-order chi connectivity index (χ1) is 9.99. The fraction of sp³-hybridized carbons (Fsp3) is 0.462. The Bertz CT molecular complexity index is 559. The Morgan fingerprint density at radius 2 is 1.95 bits per heavy atom. The molecule has 0 fully saturated rings. The first-order valence-electron chi connectivity index (χ1n) is 6.34. The van der Waals surface area contributed by atoms with Gasteiger partial charge in [-0.05, 0) is 32.4 Å². The molecular formula is C13H16F3N3O3. The summed E-state index contributed by atoms with van der Waals surface area (Å²) in [6.07, 6.45) is -3.56. The molecular weight excluding hydrogens is 303 g/mol. The molecule has 1 rings (SSSR count). The number of hydrogen-bond donors (Lipinski definition) is 3. The monoisotopic (exact) mass is 319 g/mol. The fourth-order valence-electron chi connectivity index (χ4n) is 1.61. The van der Waals surface area contributed by atoms with E-state index in [1.54, 1.807) is 13.8 Å². The van der Waals surface area contributed by atoms with Gasteiger partial charge in [0.15, 0.2) is 0 Å². The minimum Gasteiger partial charge on any atom is -0.481 e. The number of hydrogen-bond acceptors (Lipinski definition) is 3. The molecule has 0 atom stereocenters. The number of pyridine rings is 1. The molecule has 9 heteroatoms. The zero-order valence-corrected chi connectivity index (χ0v) is 12.0. The molecule has 0 aromatic carbocycles. The Kier molecular flexibility index (Phi) is 5.34. The van der Waals surface area contributed by atoms with Crippen molar-refractivity contribution in [2.45, 2.75) is 38.4 Å². The molecule has 0 aliphatic carbocycles. The normalized spacial score (nSPS) is 11.9. The number of carboxylic acid groups (broad SMARTS) is 1. The van der Waals surface area contributed by atoms with Gasteiger partial charge in [0.2, 0.25) is 0 Å². The number of nitrogens with one attached hydrogen (secondary N) is 2. The Labute approximate surface area is 124 Å². The SMILES string of the molecule is CC(C)(CCC(=O)O)NC(=O)Nc1cc(C(F)(F)F)ccn1. The van der Waals surface area contributed by atoms with E-state index in [0.717, 1.165) is 12.3 Å². The number of alkyl halides is 3. The van der Waals surface area contributed by atoms with Crippen LogP contribution in [0.2, 0.25) is 0 Å². The number of carbonyl (C=O) groups is 2. The topological polar surface area (TPSA) is 91.3 Å². The summed E-state index contributed by atoms with van der Waals surface area (Å²) in [5, 5.41) is 13.3. The van der Waals surface area contributed by atoms with Crippen molar-refractivity contribution in [1.29, 1.82) is 0 Å². The predicted octanol–water partition coefficient (Wildman–Crippen LogP) is 2.87. The van der Waals surface area contributed by atoms with Gasteiger partial charge in [0.25, 0.3) is 0 Å². The number of urea groups is 1. The van der Waals surface area contributed by atoms with Crippen LogP contribution in [0.5, 0.6) is 0 Å². The van der Waals surface area contributed by atoms with E-state index in [2.05, 4.69) is 15.6 Å². The van der Waals surface area contributed by atoms with Gasteiger partial charge in [-0.25, -0.2) is 9.78 Å². The highest BCUT2D eigenvalue weighted by atomic mass is 19.4. The maximum Gasteiger partial charge on any atom is 0.416 e. The van der Waals surface area contributed by atoms with Crippen molar-refractivity contribution in [3.63, 3.8) is 0 Å². The average molecular weight is 319 g/mol. The van der Waals surface area contributed by atoms with Crippen molar-refractivity contribution in [2.75, 3.05) is 5.32 Å². The Morgan fingerprint density at radius 3 is 2.50 bits per heavy atom. The van der Waals surface area contributed by atoms with Crippen LogP contribution < -0.4 is 10.6 Å². The Balaban J connectivity index is 2.67. The second-order valence-electron chi connectivity index (χ2n) is 5.28. The lowest BCUT2D eigenvalue weighted by molar-refractivity contribution is -0.138. The molecule has 1 aromatic heterocycles. The van der Waals surface area contributed by atoms with Crippen molar-refractivity contribution in [3.8, 4) is 0 Å². The first kappa shape index (κ1) is 17.7. The molecule has 6 nitrogen and oxygen atoms in total. The molecule has 2 amide bonds. The van der Waals surface area contributed by atoms with Gasteiger partial charge in [0, 0.05) is 18.2 Å². The molecule has 0 saturated heterocycles. The second-order valence-corrected chi connectivity index (χ2v) is 5.28. The third kappa shape index (κ3) is 5.98. The highest BCUT2D eigenvalue weighted by Gasteiger charge is 2.31. The number of carboxylic acids is 1. The molecule has 22 heavy (non-hydrogen) atoms.